The quantitative estimate of drug-likeness (QED) is 0.513. The maximum Gasteiger partial charge on any atom is 0.0906 e. The maximum absolute atomic E-state index is 11.9. The molecule has 0 aliphatic heterocycles. The number of hydrogen-bond acceptors (Lipinski definition) is 1. The SMILES string of the molecule is CCCCCN(CC)CCCF. The van der Waals surface area contributed by atoms with Gasteiger partial charge < -0.3 is 4.90 Å². The van der Waals surface area contributed by atoms with Gasteiger partial charge in [-0.15, -0.1) is 0 Å². The van der Waals surface area contributed by atoms with E-state index in [0.29, 0.717) is 6.42 Å². The molecule has 2 heteroatoms. The van der Waals surface area contributed by atoms with Crippen LogP contribution in [0.3, 0.4) is 0 Å². The van der Waals surface area contributed by atoms with Crippen LogP contribution in [0.25, 0.3) is 0 Å². The van der Waals surface area contributed by atoms with Crippen molar-refractivity contribution < 1.29 is 4.39 Å². The highest BCUT2D eigenvalue weighted by Crippen LogP contribution is 1.99. The molecule has 0 bridgehead atoms. The van der Waals surface area contributed by atoms with Gasteiger partial charge in [0, 0.05) is 6.54 Å². The largest absolute Gasteiger partial charge is 0.304 e. The van der Waals surface area contributed by atoms with Crippen LogP contribution in [0, 0.1) is 0 Å². The second-order valence-electron chi connectivity index (χ2n) is 3.18. The monoisotopic (exact) mass is 175 g/mol. The van der Waals surface area contributed by atoms with Gasteiger partial charge in [0.1, 0.15) is 0 Å². The molecule has 0 amide bonds. The van der Waals surface area contributed by atoms with Gasteiger partial charge in [0.2, 0.25) is 0 Å². The molecule has 12 heavy (non-hydrogen) atoms. The van der Waals surface area contributed by atoms with Gasteiger partial charge in [-0.05, 0) is 25.9 Å². The van der Waals surface area contributed by atoms with Gasteiger partial charge in [0.25, 0.3) is 0 Å². The van der Waals surface area contributed by atoms with Crippen LogP contribution < -0.4 is 0 Å². The smallest absolute Gasteiger partial charge is 0.0906 e. The molecule has 0 heterocycles. The summed E-state index contributed by atoms with van der Waals surface area (Å²) in [7, 11) is 0. The van der Waals surface area contributed by atoms with Crippen LogP contribution >= 0.6 is 0 Å². The normalized spacial score (nSPS) is 11.0. The van der Waals surface area contributed by atoms with Crippen molar-refractivity contribution in [3.63, 3.8) is 0 Å². The molecule has 0 aliphatic rings. The summed E-state index contributed by atoms with van der Waals surface area (Å²) in [5.74, 6) is 0. The maximum atomic E-state index is 11.9. The lowest BCUT2D eigenvalue weighted by Crippen LogP contribution is -2.25. The van der Waals surface area contributed by atoms with E-state index in [1.165, 1.54) is 19.3 Å². The first-order chi connectivity index (χ1) is 5.85. The Labute approximate surface area is 75.9 Å². The molecule has 0 N–H and O–H groups in total. The van der Waals surface area contributed by atoms with Crippen LogP contribution in [0.5, 0.6) is 0 Å². The molecule has 0 atom stereocenters. The van der Waals surface area contributed by atoms with Gasteiger partial charge in [-0.2, -0.15) is 0 Å². The summed E-state index contributed by atoms with van der Waals surface area (Å²) in [5.41, 5.74) is 0. The highest BCUT2D eigenvalue weighted by molar-refractivity contribution is 4.54. The van der Waals surface area contributed by atoms with E-state index in [-0.39, 0.29) is 6.67 Å². The average molecular weight is 175 g/mol. The number of hydrogen-bond donors (Lipinski definition) is 0. The topological polar surface area (TPSA) is 3.24 Å². The average Bonchev–Trinajstić information content (AvgIpc) is 2.11. The molecule has 74 valence electrons. The lowest BCUT2D eigenvalue weighted by atomic mass is 10.2. The van der Waals surface area contributed by atoms with Crippen LogP contribution in [-0.2, 0) is 0 Å². The number of halogens is 1. The molecule has 0 radical (unpaired) electrons. The second kappa shape index (κ2) is 8.98. The Morgan fingerprint density at radius 3 is 2.17 bits per heavy atom. The van der Waals surface area contributed by atoms with Gasteiger partial charge in [-0.1, -0.05) is 26.7 Å². The summed E-state index contributed by atoms with van der Waals surface area (Å²) in [5, 5.41) is 0. The molecule has 0 saturated heterocycles. The molecule has 0 fully saturated rings. The Kier molecular flexibility index (Phi) is 8.90. The fourth-order valence-electron chi connectivity index (χ4n) is 1.30. The summed E-state index contributed by atoms with van der Waals surface area (Å²) in [4.78, 5) is 2.33. The lowest BCUT2D eigenvalue weighted by Gasteiger charge is -2.19. The van der Waals surface area contributed by atoms with Crippen LogP contribution in [0.4, 0.5) is 4.39 Å². The predicted octanol–water partition coefficient (Wildman–Crippen LogP) is 2.86. The van der Waals surface area contributed by atoms with E-state index in [4.69, 9.17) is 0 Å². The van der Waals surface area contributed by atoms with Gasteiger partial charge in [-0.3, -0.25) is 4.39 Å². The van der Waals surface area contributed by atoms with Crippen LogP contribution in [0.1, 0.15) is 39.5 Å². The van der Waals surface area contributed by atoms with Crippen molar-refractivity contribution in [3.8, 4) is 0 Å². The summed E-state index contributed by atoms with van der Waals surface area (Å²) < 4.78 is 11.9. The van der Waals surface area contributed by atoms with Gasteiger partial charge in [0.15, 0.2) is 0 Å². The fraction of sp³-hybridized carbons (Fsp3) is 1.00. The summed E-state index contributed by atoms with van der Waals surface area (Å²) >= 11 is 0. The number of nitrogens with zero attached hydrogens (tertiary/aromatic N) is 1. The van der Waals surface area contributed by atoms with Crippen molar-refractivity contribution in [1.29, 1.82) is 0 Å². The summed E-state index contributed by atoms with van der Waals surface area (Å²) in [6.07, 6.45) is 4.52. The first kappa shape index (κ1) is 11.9. The van der Waals surface area contributed by atoms with E-state index < -0.39 is 0 Å². The third kappa shape index (κ3) is 6.59. The zero-order valence-electron chi connectivity index (χ0n) is 8.48. The molecule has 1 nitrogen and oxygen atoms in total. The first-order valence-electron chi connectivity index (χ1n) is 5.13. The van der Waals surface area contributed by atoms with Gasteiger partial charge in [-0.25, -0.2) is 0 Å². The molecular weight excluding hydrogens is 153 g/mol. The van der Waals surface area contributed by atoms with Gasteiger partial charge >= 0.3 is 0 Å². The molecule has 0 spiro atoms. The number of rotatable bonds is 8. The summed E-state index contributed by atoms with van der Waals surface area (Å²) in [6, 6.07) is 0. The van der Waals surface area contributed by atoms with E-state index in [0.717, 1.165) is 19.6 Å². The van der Waals surface area contributed by atoms with Crippen molar-refractivity contribution >= 4 is 0 Å². The van der Waals surface area contributed by atoms with E-state index in [2.05, 4.69) is 18.7 Å². The molecule has 0 aromatic heterocycles. The number of unbranched alkanes of at least 4 members (excludes halogenated alkanes) is 2. The van der Waals surface area contributed by atoms with Crippen molar-refractivity contribution in [2.24, 2.45) is 0 Å². The van der Waals surface area contributed by atoms with Crippen molar-refractivity contribution in [2.75, 3.05) is 26.3 Å². The standard InChI is InChI=1S/C10H22FN/c1-3-5-6-9-12(4-2)10-7-8-11/h3-10H2,1-2H3. The minimum atomic E-state index is -0.176. The van der Waals surface area contributed by atoms with Crippen LogP contribution in [-0.4, -0.2) is 31.2 Å². The lowest BCUT2D eigenvalue weighted by molar-refractivity contribution is 0.265. The van der Waals surface area contributed by atoms with Crippen molar-refractivity contribution in [1.82, 2.24) is 4.90 Å². The predicted molar refractivity (Wildman–Crippen MR) is 52.2 cm³/mol. The molecule has 0 aromatic rings. The third-order valence-electron chi connectivity index (χ3n) is 2.13. The van der Waals surface area contributed by atoms with Crippen LogP contribution in [0.15, 0.2) is 0 Å². The number of alkyl halides is 1. The zero-order chi connectivity index (χ0) is 9.23. The minimum absolute atomic E-state index is 0.176. The van der Waals surface area contributed by atoms with Gasteiger partial charge in [0.05, 0.1) is 6.67 Å². The Bertz CT molecular complexity index is 85.9. The third-order valence-corrected chi connectivity index (χ3v) is 2.13. The van der Waals surface area contributed by atoms with E-state index in [1.54, 1.807) is 0 Å². The highest BCUT2D eigenvalue weighted by Gasteiger charge is 2.00. The molecular formula is C10H22FN. The fourth-order valence-corrected chi connectivity index (χ4v) is 1.30. The van der Waals surface area contributed by atoms with Crippen LogP contribution in [0.2, 0.25) is 0 Å². The van der Waals surface area contributed by atoms with E-state index in [9.17, 15) is 4.39 Å². The first-order valence-corrected chi connectivity index (χ1v) is 5.13. The molecule has 0 aromatic carbocycles. The van der Waals surface area contributed by atoms with Crippen molar-refractivity contribution in [2.45, 2.75) is 39.5 Å². The van der Waals surface area contributed by atoms with E-state index in [1.807, 2.05) is 0 Å². The molecule has 0 rings (SSSR count). The highest BCUT2D eigenvalue weighted by atomic mass is 19.1. The van der Waals surface area contributed by atoms with E-state index >= 15 is 0 Å². The summed E-state index contributed by atoms with van der Waals surface area (Å²) in [6.45, 7) is 7.30. The Morgan fingerprint density at radius 1 is 1.00 bits per heavy atom. The Hall–Kier alpha value is -0.110. The Balaban J connectivity index is 3.26. The van der Waals surface area contributed by atoms with Crippen molar-refractivity contribution in [3.05, 3.63) is 0 Å². The molecule has 0 aliphatic carbocycles. The molecule has 0 saturated carbocycles. The molecule has 0 unspecified atom stereocenters. The second-order valence-corrected chi connectivity index (χ2v) is 3.18. The Morgan fingerprint density at radius 2 is 1.67 bits per heavy atom. The minimum Gasteiger partial charge on any atom is -0.304 e. The zero-order valence-corrected chi connectivity index (χ0v) is 8.48.